The average Bonchev–Trinajstić information content (AvgIpc) is 3.21. The average molecular weight is 244 g/mol. The molecule has 18 heavy (non-hydrogen) atoms. The Balaban J connectivity index is 2.22. The molecule has 0 radical (unpaired) electrons. The van der Waals surface area contributed by atoms with Crippen LogP contribution in [0.5, 0.6) is 11.5 Å². The van der Waals surface area contributed by atoms with Crippen molar-refractivity contribution in [3.05, 3.63) is 23.7 Å². The topological polar surface area (TPSA) is 44.2 Å². The van der Waals surface area contributed by atoms with E-state index in [1.54, 1.807) is 14.2 Å². The number of methoxy groups -OCH3 is 2. The molecule has 2 aromatic rings. The Labute approximate surface area is 106 Å². The van der Waals surface area contributed by atoms with Gasteiger partial charge in [-0.05, 0) is 25.8 Å². The van der Waals surface area contributed by atoms with Gasteiger partial charge in [0.25, 0.3) is 0 Å². The lowest BCUT2D eigenvalue weighted by Crippen LogP contribution is -1.98. The summed E-state index contributed by atoms with van der Waals surface area (Å²) in [6.07, 6.45) is 2.41. The van der Waals surface area contributed by atoms with Crippen LogP contribution >= 0.6 is 0 Å². The van der Waals surface area contributed by atoms with Crippen molar-refractivity contribution in [2.24, 2.45) is 0 Å². The Morgan fingerprint density at radius 3 is 2.33 bits per heavy atom. The van der Waals surface area contributed by atoms with Gasteiger partial charge in [-0.25, -0.2) is 9.97 Å². The predicted octanol–water partition coefficient (Wildman–Crippen LogP) is 2.83. The maximum atomic E-state index is 5.31. The molecule has 0 unspecified atom stereocenters. The Kier molecular flexibility index (Phi) is 2.58. The van der Waals surface area contributed by atoms with Crippen molar-refractivity contribution >= 4 is 10.9 Å². The zero-order valence-electron chi connectivity index (χ0n) is 10.9. The predicted molar refractivity (Wildman–Crippen MR) is 69.4 cm³/mol. The summed E-state index contributed by atoms with van der Waals surface area (Å²) >= 11 is 0. The first kappa shape index (κ1) is 11.3. The molecule has 0 aliphatic heterocycles. The fraction of sp³-hybridized carbons (Fsp3) is 0.429. The highest BCUT2D eigenvalue weighted by molar-refractivity contribution is 5.84. The van der Waals surface area contributed by atoms with Crippen molar-refractivity contribution in [2.45, 2.75) is 25.7 Å². The molecule has 94 valence electrons. The van der Waals surface area contributed by atoms with Crippen molar-refractivity contribution in [3.63, 3.8) is 0 Å². The van der Waals surface area contributed by atoms with Crippen LogP contribution in [0.15, 0.2) is 12.1 Å². The van der Waals surface area contributed by atoms with Crippen molar-refractivity contribution in [1.29, 1.82) is 0 Å². The number of ether oxygens (including phenoxy) is 2. The van der Waals surface area contributed by atoms with Gasteiger partial charge in [-0.3, -0.25) is 0 Å². The first-order chi connectivity index (χ1) is 8.72. The van der Waals surface area contributed by atoms with Crippen molar-refractivity contribution < 1.29 is 9.47 Å². The number of rotatable bonds is 3. The van der Waals surface area contributed by atoms with E-state index in [9.17, 15) is 0 Å². The lowest BCUT2D eigenvalue weighted by molar-refractivity contribution is 0.355. The SMILES string of the molecule is COc1cc2nc(C3CC3)nc(C)c2cc1OC. The summed E-state index contributed by atoms with van der Waals surface area (Å²) in [5.74, 6) is 2.95. The van der Waals surface area contributed by atoms with Gasteiger partial charge in [0.05, 0.1) is 19.7 Å². The van der Waals surface area contributed by atoms with Gasteiger partial charge in [-0.15, -0.1) is 0 Å². The van der Waals surface area contributed by atoms with Crippen LogP contribution in [0.3, 0.4) is 0 Å². The molecule has 1 saturated carbocycles. The minimum absolute atomic E-state index is 0.557. The highest BCUT2D eigenvalue weighted by Crippen LogP contribution is 2.39. The molecule has 0 saturated heterocycles. The Bertz CT molecular complexity index is 606. The van der Waals surface area contributed by atoms with E-state index < -0.39 is 0 Å². The molecule has 1 heterocycles. The second kappa shape index (κ2) is 4.12. The van der Waals surface area contributed by atoms with Gasteiger partial charge < -0.3 is 9.47 Å². The normalized spacial score (nSPS) is 14.8. The van der Waals surface area contributed by atoms with Crippen LogP contribution in [0.25, 0.3) is 10.9 Å². The van der Waals surface area contributed by atoms with E-state index in [4.69, 9.17) is 9.47 Å². The molecule has 1 aliphatic rings. The first-order valence-electron chi connectivity index (χ1n) is 6.13. The maximum absolute atomic E-state index is 5.31. The lowest BCUT2D eigenvalue weighted by Gasteiger charge is -2.10. The molecule has 1 aliphatic carbocycles. The van der Waals surface area contributed by atoms with Crippen LogP contribution in [0, 0.1) is 6.92 Å². The molecule has 0 N–H and O–H groups in total. The van der Waals surface area contributed by atoms with Gasteiger partial charge in [-0.2, -0.15) is 0 Å². The summed E-state index contributed by atoms with van der Waals surface area (Å²) in [5, 5.41) is 1.03. The van der Waals surface area contributed by atoms with E-state index in [1.165, 1.54) is 12.8 Å². The monoisotopic (exact) mass is 244 g/mol. The molecule has 1 aromatic carbocycles. The van der Waals surface area contributed by atoms with E-state index >= 15 is 0 Å². The summed E-state index contributed by atoms with van der Waals surface area (Å²) in [6.45, 7) is 2.02. The van der Waals surface area contributed by atoms with Gasteiger partial charge >= 0.3 is 0 Å². The number of fused-ring (bicyclic) bond motifs is 1. The minimum atomic E-state index is 0.557. The van der Waals surface area contributed by atoms with Gasteiger partial charge in [0.1, 0.15) is 5.82 Å². The number of nitrogens with zero attached hydrogens (tertiary/aromatic N) is 2. The molecule has 0 atom stereocenters. The molecule has 3 rings (SSSR count). The van der Waals surface area contributed by atoms with Gasteiger partial charge in [0.2, 0.25) is 0 Å². The van der Waals surface area contributed by atoms with Crippen molar-refractivity contribution in [1.82, 2.24) is 9.97 Å². The summed E-state index contributed by atoms with van der Waals surface area (Å²) in [7, 11) is 3.28. The summed E-state index contributed by atoms with van der Waals surface area (Å²) in [6, 6.07) is 3.87. The number of hydrogen-bond donors (Lipinski definition) is 0. The number of aromatic nitrogens is 2. The zero-order valence-corrected chi connectivity index (χ0v) is 10.9. The maximum Gasteiger partial charge on any atom is 0.162 e. The van der Waals surface area contributed by atoms with Crippen LogP contribution in [0.1, 0.15) is 30.3 Å². The molecular weight excluding hydrogens is 228 g/mol. The van der Waals surface area contributed by atoms with E-state index in [-0.39, 0.29) is 0 Å². The number of aryl methyl sites for hydroxylation is 1. The zero-order chi connectivity index (χ0) is 12.7. The summed E-state index contributed by atoms with van der Waals surface area (Å²) in [5.41, 5.74) is 1.94. The fourth-order valence-electron chi connectivity index (χ4n) is 2.16. The third-order valence-corrected chi connectivity index (χ3v) is 3.35. The standard InChI is InChI=1S/C14H16N2O2/c1-8-10-6-12(17-2)13(18-3)7-11(10)16-14(15-8)9-4-5-9/h6-7,9H,4-5H2,1-3H3. The molecule has 4 heteroatoms. The molecule has 1 aromatic heterocycles. The number of hydrogen-bond acceptors (Lipinski definition) is 4. The van der Waals surface area contributed by atoms with Gasteiger partial charge in [0, 0.05) is 23.1 Å². The Hall–Kier alpha value is -1.84. The van der Waals surface area contributed by atoms with Gasteiger partial charge in [-0.1, -0.05) is 0 Å². The van der Waals surface area contributed by atoms with E-state index in [1.807, 2.05) is 19.1 Å². The van der Waals surface area contributed by atoms with Crippen molar-refractivity contribution in [3.8, 4) is 11.5 Å². The highest BCUT2D eigenvalue weighted by atomic mass is 16.5. The van der Waals surface area contributed by atoms with Crippen LogP contribution in [-0.2, 0) is 0 Å². The molecule has 4 nitrogen and oxygen atoms in total. The molecule has 0 amide bonds. The smallest absolute Gasteiger partial charge is 0.162 e. The third-order valence-electron chi connectivity index (χ3n) is 3.35. The van der Waals surface area contributed by atoms with E-state index in [0.717, 1.165) is 28.2 Å². The first-order valence-corrected chi connectivity index (χ1v) is 6.13. The van der Waals surface area contributed by atoms with Gasteiger partial charge in [0.15, 0.2) is 11.5 Å². The van der Waals surface area contributed by atoms with Crippen LogP contribution in [0.4, 0.5) is 0 Å². The molecule has 0 bridgehead atoms. The molecular formula is C14H16N2O2. The van der Waals surface area contributed by atoms with Crippen molar-refractivity contribution in [2.75, 3.05) is 14.2 Å². The minimum Gasteiger partial charge on any atom is -0.493 e. The van der Waals surface area contributed by atoms with E-state index in [0.29, 0.717) is 11.7 Å². The fourth-order valence-corrected chi connectivity index (χ4v) is 2.16. The largest absolute Gasteiger partial charge is 0.493 e. The second-order valence-electron chi connectivity index (χ2n) is 4.67. The molecule has 1 fully saturated rings. The second-order valence-corrected chi connectivity index (χ2v) is 4.67. The van der Waals surface area contributed by atoms with Crippen LogP contribution in [-0.4, -0.2) is 24.2 Å². The highest BCUT2D eigenvalue weighted by Gasteiger charge is 2.27. The quantitative estimate of drug-likeness (QED) is 0.832. The van der Waals surface area contributed by atoms with Crippen LogP contribution < -0.4 is 9.47 Å². The lowest BCUT2D eigenvalue weighted by atomic mass is 10.1. The molecule has 0 spiro atoms. The van der Waals surface area contributed by atoms with E-state index in [2.05, 4.69) is 9.97 Å². The number of benzene rings is 1. The Morgan fingerprint density at radius 1 is 1.06 bits per heavy atom. The summed E-state index contributed by atoms with van der Waals surface area (Å²) < 4.78 is 10.6. The summed E-state index contributed by atoms with van der Waals surface area (Å²) in [4.78, 5) is 9.22. The third kappa shape index (κ3) is 1.78. The Morgan fingerprint density at radius 2 is 1.72 bits per heavy atom. The van der Waals surface area contributed by atoms with Crippen LogP contribution in [0.2, 0.25) is 0 Å².